The van der Waals surface area contributed by atoms with Crippen LogP contribution in [0.4, 0.5) is 13.2 Å². The summed E-state index contributed by atoms with van der Waals surface area (Å²) in [6, 6.07) is 0. The first-order valence-electron chi connectivity index (χ1n) is 6.40. The smallest absolute Gasteiger partial charge is 0.406 e. The van der Waals surface area contributed by atoms with Crippen LogP contribution >= 0.6 is 0 Å². The van der Waals surface area contributed by atoms with E-state index in [1.54, 1.807) is 6.92 Å². The molecule has 0 aromatic rings. The monoisotopic (exact) mass is 297 g/mol. The average molecular weight is 297 g/mol. The van der Waals surface area contributed by atoms with Crippen LogP contribution in [0, 0.1) is 5.41 Å². The van der Waals surface area contributed by atoms with Crippen molar-refractivity contribution in [2.45, 2.75) is 32.4 Å². The van der Waals surface area contributed by atoms with Crippen LogP contribution in [-0.2, 0) is 14.3 Å². The van der Waals surface area contributed by atoms with Gasteiger partial charge in [-0.1, -0.05) is 0 Å². The molecule has 1 heterocycles. The number of likely N-dealkylation sites (tertiary alicyclic amines) is 1. The van der Waals surface area contributed by atoms with E-state index in [0.29, 0.717) is 19.6 Å². The fourth-order valence-corrected chi connectivity index (χ4v) is 2.18. The van der Waals surface area contributed by atoms with Gasteiger partial charge in [-0.15, -0.1) is 0 Å². The molecule has 1 rings (SSSR count). The Bertz CT molecular complexity index is 372. The summed E-state index contributed by atoms with van der Waals surface area (Å²) in [6.45, 7) is 1.68. The molecule has 0 aliphatic carbocycles. The maximum absolute atomic E-state index is 12.9. The molecule has 116 valence electrons. The second kappa shape index (κ2) is 6.43. The van der Waals surface area contributed by atoms with E-state index in [9.17, 15) is 22.8 Å². The van der Waals surface area contributed by atoms with E-state index in [1.807, 2.05) is 0 Å². The minimum Gasteiger partial charge on any atom is -0.481 e. The van der Waals surface area contributed by atoms with E-state index in [-0.39, 0.29) is 13.0 Å². The lowest BCUT2D eigenvalue weighted by molar-refractivity contribution is -0.227. The van der Waals surface area contributed by atoms with Crippen molar-refractivity contribution in [1.29, 1.82) is 0 Å². The summed E-state index contributed by atoms with van der Waals surface area (Å²) in [5, 5.41) is 8.87. The highest BCUT2D eigenvalue weighted by molar-refractivity contribution is 5.81. The number of rotatable bonds is 6. The molecule has 20 heavy (non-hydrogen) atoms. The van der Waals surface area contributed by atoms with Crippen LogP contribution in [0.1, 0.15) is 26.2 Å². The molecule has 0 spiro atoms. The van der Waals surface area contributed by atoms with E-state index in [4.69, 9.17) is 9.84 Å². The third-order valence-electron chi connectivity index (χ3n) is 3.46. The highest BCUT2D eigenvalue weighted by atomic mass is 19.4. The first kappa shape index (κ1) is 16.7. The predicted octanol–water partition coefficient (Wildman–Crippen LogP) is 1.67. The Kier molecular flexibility index (Phi) is 5.38. The Balaban J connectivity index is 2.61. The van der Waals surface area contributed by atoms with Gasteiger partial charge in [0.05, 0.1) is 0 Å². The molecule has 1 fully saturated rings. The van der Waals surface area contributed by atoms with E-state index < -0.39 is 36.4 Å². The molecule has 1 amide bonds. The van der Waals surface area contributed by atoms with E-state index in [0.717, 1.165) is 4.90 Å². The molecular formula is C12H18F3NO4. The van der Waals surface area contributed by atoms with Gasteiger partial charge in [0.15, 0.2) is 5.41 Å². The molecule has 0 saturated carbocycles. The van der Waals surface area contributed by atoms with Gasteiger partial charge < -0.3 is 14.7 Å². The summed E-state index contributed by atoms with van der Waals surface area (Å²) in [6.07, 6.45) is -4.98. The fourth-order valence-electron chi connectivity index (χ4n) is 2.18. The molecule has 0 aromatic heterocycles. The molecule has 8 heteroatoms. The summed E-state index contributed by atoms with van der Waals surface area (Å²) in [4.78, 5) is 23.7. The number of hydrogen-bond donors (Lipinski definition) is 1. The number of carboxylic acids is 1. The Hall–Kier alpha value is -1.31. The molecule has 1 atom stereocenters. The van der Waals surface area contributed by atoms with Crippen LogP contribution in [0.5, 0.6) is 0 Å². The Morgan fingerprint density at radius 1 is 1.40 bits per heavy atom. The Morgan fingerprint density at radius 2 is 2.05 bits per heavy atom. The standard InChI is InChI=1S/C12H18F3NO4/c1-2-20-7-3-4-9(17)16-6-5-11(8-16,10(18)19)12(13,14)15/h2-8H2,1H3,(H,18,19). The van der Waals surface area contributed by atoms with Crippen molar-refractivity contribution in [1.82, 2.24) is 4.90 Å². The molecular weight excluding hydrogens is 279 g/mol. The maximum atomic E-state index is 12.9. The lowest BCUT2D eigenvalue weighted by Gasteiger charge is -2.27. The van der Waals surface area contributed by atoms with Crippen molar-refractivity contribution in [2.75, 3.05) is 26.3 Å². The second-order valence-corrected chi connectivity index (χ2v) is 4.75. The number of carbonyl (C=O) groups is 2. The zero-order chi connectivity index (χ0) is 15.4. The molecule has 1 unspecified atom stereocenters. The minimum atomic E-state index is -4.86. The lowest BCUT2D eigenvalue weighted by atomic mass is 9.86. The van der Waals surface area contributed by atoms with Crippen LogP contribution in [-0.4, -0.2) is 54.4 Å². The normalized spacial score (nSPS) is 23.1. The quantitative estimate of drug-likeness (QED) is 0.757. The number of carbonyl (C=O) groups excluding carboxylic acids is 1. The number of ether oxygens (including phenoxy) is 1. The number of nitrogens with zero attached hydrogens (tertiary/aromatic N) is 1. The van der Waals surface area contributed by atoms with Crippen LogP contribution in [0.15, 0.2) is 0 Å². The van der Waals surface area contributed by atoms with Gasteiger partial charge >= 0.3 is 12.1 Å². The highest BCUT2D eigenvalue weighted by Crippen LogP contribution is 2.45. The van der Waals surface area contributed by atoms with Gasteiger partial charge in [-0.2, -0.15) is 13.2 Å². The topological polar surface area (TPSA) is 66.8 Å². The molecule has 1 aliphatic rings. The van der Waals surface area contributed by atoms with Gasteiger partial charge in [0, 0.05) is 32.7 Å². The number of hydrogen-bond acceptors (Lipinski definition) is 3. The van der Waals surface area contributed by atoms with Gasteiger partial charge in [-0.3, -0.25) is 9.59 Å². The summed E-state index contributed by atoms with van der Waals surface area (Å²) in [5.74, 6) is -2.38. The third-order valence-corrected chi connectivity index (χ3v) is 3.46. The molecule has 1 N–H and O–H groups in total. The number of carboxylic acid groups (broad SMARTS) is 1. The molecule has 0 radical (unpaired) electrons. The zero-order valence-electron chi connectivity index (χ0n) is 11.2. The first-order valence-corrected chi connectivity index (χ1v) is 6.40. The molecule has 1 aliphatic heterocycles. The summed E-state index contributed by atoms with van der Waals surface area (Å²) < 4.78 is 43.8. The molecule has 1 saturated heterocycles. The molecule has 0 aromatic carbocycles. The van der Waals surface area contributed by atoms with Crippen molar-refractivity contribution in [3.63, 3.8) is 0 Å². The van der Waals surface area contributed by atoms with Crippen LogP contribution in [0.3, 0.4) is 0 Å². The maximum Gasteiger partial charge on any atom is 0.406 e. The van der Waals surface area contributed by atoms with Crippen molar-refractivity contribution >= 4 is 11.9 Å². The predicted molar refractivity (Wildman–Crippen MR) is 63.0 cm³/mol. The number of alkyl halides is 3. The third kappa shape index (κ3) is 3.41. The number of halogens is 3. The first-order chi connectivity index (χ1) is 9.24. The summed E-state index contributed by atoms with van der Waals surface area (Å²) in [7, 11) is 0. The zero-order valence-corrected chi connectivity index (χ0v) is 11.2. The molecule has 0 bridgehead atoms. The van der Waals surface area contributed by atoms with Crippen molar-refractivity contribution in [2.24, 2.45) is 5.41 Å². The highest BCUT2D eigenvalue weighted by Gasteiger charge is 2.64. The fraction of sp³-hybridized carbons (Fsp3) is 0.833. The number of aliphatic carboxylic acids is 1. The van der Waals surface area contributed by atoms with Gasteiger partial charge in [-0.05, 0) is 19.8 Å². The van der Waals surface area contributed by atoms with E-state index in [1.165, 1.54) is 0 Å². The van der Waals surface area contributed by atoms with Crippen LogP contribution < -0.4 is 0 Å². The summed E-state index contributed by atoms with van der Waals surface area (Å²) >= 11 is 0. The minimum absolute atomic E-state index is 0.0631. The van der Waals surface area contributed by atoms with Crippen LogP contribution in [0.25, 0.3) is 0 Å². The largest absolute Gasteiger partial charge is 0.481 e. The van der Waals surface area contributed by atoms with E-state index in [2.05, 4.69) is 0 Å². The van der Waals surface area contributed by atoms with E-state index >= 15 is 0 Å². The van der Waals surface area contributed by atoms with Gasteiger partial charge in [-0.25, -0.2) is 0 Å². The van der Waals surface area contributed by atoms with Crippen LogP contribution in [0.2, 0.25) is 0 Å². The average Bonchev–Trinajstić information content (AvgIpc) is 2.80. The van der Waals surface area contributed by atoms with Crippen molar-refractivity contribution in [3.8, 4) is 0 Å². The SMILES string of the molecule is CCOCCCC(=O)N1CCC(C(=O)O)(C(F)(F)F)C1. The van der Waals surface area contributed by atoms with Gasteiger partial charge in [0.1, 0.15) is 0 Å². The van der Waals surface area contributed by atoms with Crippen molar-refractivity contribution < 1.29 is 32.6 Å². The van der Waals surface area contributed by atoms with Gasteiger partial charge in [0.25, 0.3) is 0 Å². The van der Waals surface area contributed by atoms with Crippen molar-refractivity contribution in [3.05, 3.63) is 0 Å². The number of amides is 1. The lowest BCUT2D eigenvalue weighted by Crippen LogP contribution is -2.47. The Morgan fingerprint density at radius 3 is 2.50 bits per heavy atom. The van der Waals surface area contributed by atoms with Gasteiger partial charge in [0.2, 0.25) is 5.91 Å². The molecule has 5 nitrogen and oxygen atoms in total. The summed E-state index contributed by atoms with van der Waals surface area (Å²) in [5.41, 5.74) is -2.83. The second-order valence-electron chi connectivity index (χ2n) is 4.75. The Labute approximate surface area is 114 Å².